The highest BCUT2D eigenvalue weighted by molar-refractivity contribution is 5.93. The number of benzene rings is 1. The normalized spacial score (nSPS) is 16.1. The van der Waals surface area contributed by atoms with Gasteiger partial charge in [-0.05, 0) is 30.7 Å². The minimum absolute atomic E-state index is 0.0157. The zero-order valence-corrected chi connectivity index (χ0v) is 11.4. The topological polar surface area (TPSA) is 84.4 Å². The second-order valence-corrected chi connectivity index (χ2v) is 5.23. The lowest BCUT2D eigenvalue weighted by Crippen LogP contribution is -2.40. The number of nitrogens with one attached hydrogen (secondary N) is 1. The van der Waals surface area contributed by atoms with Gasteiger partial charge < -0.3 is 21.7 Å². The first-order chi connectivity index (χ1) is 9.08. The van der Waals surface area contributed by atoms with Crippen LogP contribution in [0, 0.1) is 0 Å². The number of amides is 1. The molecule has 1 atom stereocenters. The van der Waals surface area contributed by atoms with Crippen molar-refractivity contribution in [1.82, 2.24) is 4.90 Å². The van der Waals surface area contributed by atoms with Crippen molar-refractivity contribution in [2.75, 3.05) is 25.5 Å². The fraction of sp³-hybridized carbons (Fsp3) is 0.500. The van der Waals surface area contributed by atoms with Crippen molar-refractivity contribution in [3.8, 4) is 0 Å². The first-order valence-electron chi connectivity index (χ1n) is 6.64. The molecule has 0 spiro atoms. The quantitative estimate of drug-likeness (QED) is 0.712. The summed E-state index contributed by atoms with van der Waals surface area (Å²) in [5.74, 6) is 0.103. The van der Waals surface area contributed by atoms with Crippen LogP contribution in [0.3, 0.4) is 0 Å². The van der Waals surface area contributed by atoms with Gasteiger partial charge >= 0.3 is 0 Å². The van der Waals surface area contributed by atoms with E-state index < -0.39 is 0 Å². The molecule has 1 unspecified atom stereocenters. The van der Waals surface area contributed by atoms with Crippen molar-refractivity contribution in [3.63, 3.8) is 0 Å². The third-order valence-corrected chi connectivity index (χ3v) is 3.37. The molecular formula is C14H22N4O. The molecule has 5 nitrogen and oxygen atoms in total. The molecule has 0 radical (unpaired) electrons. The number of nitrogens with zero attached hydrogens (tertiary/aromatic N) is 1. The van der Waals surface area contributed by atoms with E-state index in [9.17, 15) is 4.79 Å². The van der Waals surface area contributed by atoms with Gasteiger partial charge in [0.15, 0.2) is 0 Å². The van der Waals surface area contributed by atoms with Crippen LogP contribution in [0.2, 0.25) is 0 Å². The number of hydrogen-bond donors (Lipinski definition) is 3. The molecule has 104 valence electrons. The minimum atomic E-state index is 0.0157. The van der Waals surface area contributed by atoms with Gasteiger partial charge in [-0.1, -0.05) is 12.1 Å². The summed E-state index contributed by atoms with van der Waals surface area (Å²) in [5.41, 5.74) is 14.8. The predicted molar refractivity (Wildman–Crippen MR) is 76.8 cm³/mol. The molecule has 0 saturated carbocycles. The van der Waals surface area contributed by atoms with E-state index in [2.05, 4.69) is 22.3 Å². The summed E-state index contributed by atoms with van der Waals surface area (Å²) in [6.07, 6.45) is 1.39. The summed E-state index contributed by atoms with van der Waals surface area (Å²) in [4.78, 5) is 13.5. The van der Waals surface area contributed by atoms with Crippen LogP contribution in [0.25, 0.3) is 0 Å². The van der Waals surface area contributed by atoms with E-state index in [0.29, 0.717) is 13.0 Å². The zero-order chi connectivity index (χ0) is 13.8. The molecule has 0 aliphatic carbocycles. The number of rotatable bonds is 5. The van der Waals surface area contributed by atoms with Crippen LogP contribution < -0.4 is 16.8 Å². The molecule has 5 heteroatoms. The number of likely N-dealkylation sites (N-methyl/N-ethyl adjacent to an activating group) is 1. The highest BCUT2D eigenvalue weighted by Crippen LogP contribution is 2.23. The Labute approximate surface area is 113 Å². The molecule has 0 bridgehead atoms. The molecule has 19 heavy (non-hydrogen) atoms. The summed E-state index contributed by atoms with van der Waals surface area (Å²) in [5, 5.41) is 2.89. The van der Waals surface area contributed by atoms with Gasteiger partial charge in [0, 0.05) is 37.8 Å². The van der Waals surface area contributed by atoms with Gasteiger partial charge in [-0.25, -0.2) is 0 Å². The molecule has 2 rings (SSSR count). The Morgan fingerprint density at radius 2 is 2.21 bits per heavy atom. The molecular weight excluding hydrogens is 240 g/mol. The first-order valence-corrected chi connectivity index (χ1v) is 6.64. The summed E-state index contributed by atoms with van der Waals surface area (Å²) in [6.45, 7) is 2.12. The average Bonchev–Trinajstić information content (AvgIpc) is 2.38. The monoisotopic (exact) mass is 262 g/mol. The van der Waals surface area contributed by atoms with E-state index in [1.807, 2.05) is 13.1 Å². The Balaban J connectivity index is 2.00. The van der Waals surface area contributed by atoms with Crippen molar-refractivity contribution >= 4 is 11.6 Å². The van der Waals surface area contributed by atoms with Crippen LogP contribution in [0.1, 0.15) is 17.5 Å². The molecule has 1 aromatic rings. The SMILES string of the molecule is CN(Cc1ccc2c(c1)CCC(=O)N2)CC(N)CN. The van der Waals surface area contributed by atoms with Gasteiger partial charge in [0.05, 0.1) is 0 Å². The molecule has 0 aromatic heterocycles. The Hall–Kier alpha value is -1.43. The fourth-order valence-electron chi connectivity index (χ4n) is 2.39. The van der Waals surface area contributed by atoms with Gasteiger partial charge in [-0.3, -0.25) is 4.79 Å². The van der Waals surface area contributed by atoms with E-state index >= 15 is 0 Å². The fourth-order valence-corrected chi connectivity index (χ4v) is 2.39. The maximum Gasteiger partial charge on any atom is 0.224 e. The molecule has 0 saturated heterocycles. The lowest BCUT2D eigenvalue weighted by Gasteiger charge is -2.22. The number of fused-ring (bicyclic) bond motifs is 1. The van der Waals surface area contributed by atoms with E-state index in [4.69, 9.17) is 11.5 Å². The average molecular weight is 262 g/mol. The standard InChI is InChI=1S/C14H22N4O/c1-18(9-12(16)7-15)8-10-2-4-13-11(6-10)3-5-14(19)17-13/h2,4,6,12H,3,5,7-9,15-16H2,1H3,(H,17,19). The largest absolute Gasteiger partial charge is 0.329 e. The highest BCUT2D eigenvalue weighted by atomic mass is 16.1. The second-order valence-electron chi connectivity index (χ2n) is 5.23. The van der Waals surface area contributed by atoms with E-state index in [1.54, 1.807) is 0 Å². The molecule has 1 amide bonds. The number of nitrogens with two attached hydrogens (primary N) is 2. The summed E-state index contributed by atoms with van der Waals surface area (Å²) in [7, 11) is 2.04. The van der Waals surface area contributed by atoms with Crippen LogP contribution in [0.4, 0.5) is 5.69 Å². The number of anilines is 1. The van der Waals surface area contributed by atoms with Gasteiger partial charge in [0.25, 0.3) is 0 Å². The minimum Gasteiger partial charge on any atom is -0.329 e. The summed E-state index contributed by atoms with van der Waals surface area (Å²) >= 11 is 0. The lowest BCUT2D eigenvalue weighted by atomic mass is 10.0. The Bertz CT molecular complexity index is 461. The van der Waals surface area contributed by atoms with Crippen molar-refractivity contribution < 1.29 is 4.79 Å². The number of aryl methyl sites for hydroxylation is 1. The smallest absolute Gasteiger partial charge is 0.224 e. The van der Waals surface area contributed by atoms with Crippen LogP contribution >= 0.6 is 0 Å². The highest BCUT2D eigenvalue weighted by Gasteiger charge is 2.15. The third kappa shape index (κ3) is 3.76. The molecule has 1 aromatic carbocycles. The molecule has 1 heterocycles. The molecule has 5 N–H and O–H groups in total. The van der Waals surface area contributed by atoms with Gasteiger partial charge in [-0.15, -0.1) is 0 Å². The molecule has 1 aliphatic rings. The lowest BCUT2D eigenvalue weighted by molar-refractivity contribution is -0.116. The van der Waals surface area contributed by atoms with Crippen molar-refractivity contribution in [3.05, 3.63) is 29.3 Å². The third-order valence-electron chi connectivity index (χ3n) is 3.37. The van der Waals surface area contributed by atoms with Crippen molar-refractivity contribution in [2.45, 2.75) is 25.4 Å². The maximum atomic E-state index is 11.3. The van der Waals surface area contributed by atoms with Gasteiger partial charge in [0.2, 0.25) is 5.91 Å². The number of carbonyl (C=O) groups is 1. The second kappa shape index (κ2) is 6.14. The predicted octanol–water partition coefficient (Wildman–Crippen LogP) is 0.289. The van der Waals surface area contributed by atoms with E-state index in [-0.39, 0.29) is 11.9 Å². The maximum absolute atomic E-state index is 11.3. The van der Waals surface area contributed by atoms with Crippen LogP contribution in [0.5, 0.6) is 0 Å². The Morgan fingerprint density at radius 3 is 2.95 bits per heavy atom. The molecule has 1 aliphatic heterocycles. The van der Waals surface area contributed by atoms with Crippen LogP contribution in [-0.2, 0) is 17.8 Å². The number of carbonyl (C=O) groups excluding carboxylic acids is 1. The van der Waals surface area contributed by atoms with Gasteiger partial charge in [-0.2, -0.15) is 0 Å². The van der Waals surface area contributed by atoms with E-state index in [1.165, 1.54) is 11.1 Å². The van der Waals surface area contributed by atoms with Crippen molar-refractivity contribution in [1.29, 1.82) is 0 Å². The van der Waals surface area contributed by atoms with Gasteiger partial charge in [0.1, 0.15) is 0 Å². The summed E-state index contributed by atoms with van der Waals surface area (Å²) < 4.78 is 0. The van der Waals surface area contributed by atoms with Crippen molar-refractivity contribution in [2.24, 2.45) is 11.5 Å². The number of hydrogen-bond acceptors (Lipinski definition) is 4. The van der Waals surface area contributed by atoms with Crippen LogP contribution in [0.15, 0.2) is 18.2 Å². The Morgan fingerprint density at radius 1 is 1.42 bits per heavy atom. The first kappa shape index (κ1) is 14.0. The summed E-state index contributed by atoms with van der Waals surface area (Å²) in [6, 6.07) is 6.22. The van der Waals surface area contributed by atoms with Crippen LogP contribution in [-0.4, -0.2) is 37.0 Å². The Kier molecular flexibility index (Phi) is 4.52. The van der Waals surface area contributed by atoms with E-state index in [0.717, 1.165) is 25.2 Å². The zero-order valence-electron chi connectivity index (χ0n) is 11.4. The molecule has 0 fully saturated rings.